The van der Waals surface area contributed by atoms with Crippen molar-refractivity contribution in [3.05, 3.63) is 59.7 Å². The Labute approximate surface area is 194 Å². The molecule has 0 aliphatic carbocycles. The number of benzene rings is 1. The Morgan fingerprint density at radius 2 is 1.79 bits per heavy atom. The van der Waals surface area contributed by atoms with Gasteiger partial charge < -0.3 is 14.5 Å². The number of piperazine rings is 1. The van der Waals surface area contributed by atoms with Gasteiger partial charge in [-0.15, -0.1) is 0 Å². The molecule has 0 unspecified atom stereocenters. The molecule has 1 aromatic heterocycles. The van der Waals surface area contributed by atoms with Gasteiger partial charge in [-0.05, 0) is 49.2 Å². The Hall–Kier alpha value is -2.40. The maximum atomic E-state index is 13.4. The van der Waals surface area contributed by atoms with E-state index in [0.717, 1.165) is 31.0 Å². The van der Waals surface area contributed by atoms with Crippen molar-refractivity contribution in [1.82, 2.24) is 19.1 Å². The van der Waals surface area contributed by atoms with E-state index < -0.39 is 15.8 Å². The molecule has 0 N–H and O–H groups in total. The Kier molecular flexibility index (Phi) is 7.69. The number of pyridine rings is 1. The SMILES string of the molecule is O=C(c1cncc(CCCN2CCN(S(=O)(=O)c3cccc(F)c3)CC2)c1)N1CCOCC1. The van der Waals surface area contributed by atoms with Gasteiger partial charge in [0.15, 0.2) is 0 Å². The number of rotatable bonds is 7. The predicted molar refractivity (Wildman–Crippen MR) is 121 cm³/mol. The van der Waals surface area contributed by atoms with E-state index in [9.17, 15) is 17.6 Å². The van der Waals surface area contributed by atoms with Crippen molar-refractivity contribution in [2.24, 2.45) is 0 Å². The molecular weight excluding hydrogens is 447 g/mol. The molecule has 2 saturated heterocycles. The van der Waals surface area contributed by atoms with E-state index in [-0.39, 0.29) is 10.8 Å². The molecule has 4 rings (SSSR count). The number of carbonyl (C=O) groups excluding carboxylic acids is 1. The van der Waals surface area contributed by atoms with Gasteiger partial charge in [-0.25, -0.2) is 12.8 Å². The van der Waals surface area contributed by atoms with E-state index in [2.05, 4.69) is 9.88 Å². The van der Waals surface area contributed by atoms with Gasteiger partial charge in [0.2, 0.25) is 10.0 Å². The summed E-state index contributed by atoms with van der Waals surface area (Å²) in [5.41, 5.74) is 1.62. The van der Waals surface area contributed by atoms with E-state index >= 15 is 0 Å². The average Bonchev–Trinajstić information content (AvgIpc) is 2.85. The minimum Gasteiger partial charge on any atom is -0.378 e. The van der Waals surface area contributed by atoms with E-state index in [1.807, 2.05) is 6.07 Å². The summed E-state index contributed by atoms with van der Waals surface area (Å²) in [5.74, 6) is -0.566. The van der Waals surface area contributed by atoms with Crippen LogP contribution in [0, 0.1) is 5.82 Å². The lowest BCUT2D eigenvalue weighted by Crippen LogP contribution is -2.48. The highest BCUT2D eigenvalue weighted by atomic mass is 32.2. The summed E-state index contributed by atoms with van der Waals surface area (Å²) in [6.07, 6.45) is 5.08. The van der Waals surface area contributed by atoms with E-state index in [1.54, 1.807) is 17.3 Å². The van der Waals surface area contributed by atoms with E-state index in [4.69, 9.17) is 4.74 Å². The summed E-state index contributed by atoms with van der Waals surface area (Å²) in [6.45, 7) is 5.17. The van der Waals surface area contributed by atoms with E-state index in [0.29, 0.717) is 58.0 Å². The van der Waals surface area contributed by atoms with Crippen LogP contribution >= 0.6 is 0 Å². The highest BCUT2D eigenvalue weighted by molar-refractivity contribution is 7.89. The molecule has 0 saturated carbocycles. The van der Waals surface area contributed by atoms with Gasteiger partial charge in [0.1, 0.15) is 5.82 Å². The number of aryl methyl sites for hydroxylation is 1. The van der Waals surface area contributed by atoms with Crippen molar-refractivity contribution < 1.29 is 22.3 Å². The monoisotopic (exact) mass is 476 g/mol. The molecule has 10 heteroatoms. The van der Waals surface area contributed by atoms with Crippen LogP contribution in [0.15, 0.2) is 47.6 Å². The molecule has 2 aliphatic heterocycles. The molecule has 2 aliphatic rings. The van der Waals surface area contributed by atoms with Crippen LogP contribution in [0.25, 0.3) is 0 Å². The maximum Gasteiger partial charge on any atom is 0.255 e. The Bertz CT molecular complexity index is 1070. The Morgan fingerprint density at radius 3 is 2.52 bits per heavy atom. The van der Waals surface area contributed by atoms with Crippen LogP contribution in [0.1, 0.15) is 22.3 Å². The highest BCUT2D eigenvalue weighted by Crippen LogP contribution is 2.19. The molecule has 178 valence electrons. The number of hydrogen-bond donors (Lipinski definition) is 0. The Balaban J connectivity index is 1.25. The summed E-state index contributed by atoms with van der Waals surface area (Å²) < 4.78 is 45.7. The number of carbonyl (C=O) groups is 1. The minimum absolute atomic E-state index is 0.00467. The zero-order valence-electron chi connectivity index (χ0n) is 18.5. The van der Waals surface area contributed by atoms with Crippen molar-refractivity contribution in [3.63, 3.8) is 0 Å². The van der Waals surface area contributed by atoms with Crippen LogP contribution in [0.2, 0.25) is 0 Å². The molecule has 33 heavy (non-hydrogen) atoms. The number of ether oxygens (including phenoxy) is 1. The van der Waals surface area contributed by atoms with E-state index in [1.165, 1.54) is 22.5 Å². The Morgan fingerprint density at radius 1 is 1.03 bits per heavy atom. The van der Waals surface area contributed by atoms with Crippen molar-refractivity contribution in [2.75, 3.05) is 59.0 Å². The quantitative estimate of drug-likeness (QED) is 0.604. The van der Waals surface area contributed by atoms with Crippen LogP contribution in [-0.2, 0) is 21.2 Å². The molecular formula is C23H29FN4O4S. The number of nitrogens with zero attached hydrogens (tertiary/aromatic N) is 4. The second-order valence-electron chi connectivity index (χ2n) is 8.29. The summed E-state index contributed by atoms with van der Waals surface area (Å²) >= 11 is 0. The van der Waals surface area contributed by atoms with Crippen LogP contribution < -0.4 is 0 Å². The standard InChI is InChI=1S/C23H29FN4O4S/c24-21-4-1-5-22(16-21)33(30,31)28-9-7-26(8-10-28)6-2-3-19-15-20(18-25-17-19)23(29)27-11-13-32-14-12-27/h1,4-5,15-18H,2-3,6-14H2. The number of halogens is 1. The molecule has 0 radical (unpaired) electrons. The summed E-state index contributed by atoms with van der Waals surface area (Å²) in [6, 6.07) is 7.05. The summed E-state index contributed by atoms with van der Waals surface area (Å²) in [7, 11) is -3.68. The minimum atomic E-state index is -3.68. The number of morpholine rings is 1. The van der Waals surface area contributed by atoms with Crippen LogP contribution in [0.4, 0.5) is 4.39 Å². The first kappa shape index (κ1) is 23.7. The second kappa shape index (κ2) is 10.7. The van der Waals surface area contributed by atoms with Gasteiger partial charge in [0.25, 0.3) is 5.91 Å². The third-order valence-corrected chi connectivity index (χ3v) is 7.94. The van der Waals surface area contributed by atoms with Crippen LogP contribution in [-0.4, -0.2) is 92.4 Å². The van der Waals surface area contributed by atoms with Gasteiger partial charge in [-0.1, -0.05) is 6.07 Å². The summed E-state index contributed by atoms with van der Waals surface area (Å²) in [4.78, 5) is 20.9. The molecule has 2 fully saturated rings. The van der Waals surface area contributed by atoms with Crippen molar-refractivity contribution in [2.45, 2.75) is 17.7 Å². The zero-order chi connectivity index (χ0) is 23.3. The number of aromatic nitrogens is 1. The third kappa shape index (κ3) is 5.94. The molecule has 1 amide bonds. The van der Waals surface area contributed by atoms with Crippen LogP contribution in [0.5, 0.6) is 0 Å². The fourth-order valence-electron chi connectivity index (χ4n) is 4.17. The van der Waals surface area contributed by atoms with Gasteiger partial charge in [-0.2, -0.15) is 4.31 Å². The van der Waals surface area contributed by atoms with Crippen molar-refractivity contribution in [1.29, 1.82) is 0 Å². The largest absolute Gasteiger partial charge is 0.378 e. The lowest BCUT2D eigenvalue weighted by Gasteiger charge is -2.34. The lowest BCUT2D eigenvalue weighted by molar-refractivity contribution is 0.0302. The number of sulfonamides is 1. The first-order valence-electron chi connectivity index (χ1n) is 11.2. The molecule has 3 heterocycles. The lowest BCUT2D eigenvalue weighted by atomic mass is 10.1. The molecule has 0 spiro atoms. The normalized spacial score (nSPS) is 18.4. The maximum absolute atomic E-state index is 13.4. The third-order valence-electron chi connectivity index (χ3n) is 6.05. The molecule has 1 aromatic carbocycles. The molecule has 0 atom stereocenters. The zero-order valence-corrected chi connectivity index (χ0v) is 19.3. The van der Waals surface area contributed by atoms with Gasteiger partial charge in [0, 0.05) is 51.7 Å². The first-order chi connectivity index (χ1) is 15.9. The average molecular weight is 477 g/mol. The fourth-order valence-corrected chi connectivity index (χ4v) is 5.62. The van der Waals surface area contributed by atoms with Crippen LogP contribution in [0.3, 0.4) is 0 Å². The molecule has 8 nitrogen and oxygen atoms in total. The highest BCUT2D eigenvalue weighted by Gasteiger charge is 2.28. The van der Waals surface area contributed by atoms with Crippen molar-refractivity contribution in [3.8, 4) is 0 Å². The first-order valence-corrected chi connectivity index (χ1v) is 12.7. The molecule has 0 bridgehead atoms. The number of amides is 1. The van der Waals surface area contributed by atoms with Gasteiger partial charge in [0.05, 0.1) is 23.7 Å². The smallest absolute Gasteiger partial charge is 0.255 e. The predicted octanol–water partition coefficient (Wildman–Crippen LogP) is 1.63. The topological polar surface area (TPSA) is 83.1 Å². The second-order valence-corrected chi connectivity index (χ2v) is 10.2. The molecule has 2 aromatic rings. The van der Waals surface area contributed by atoms with Gasteiger partial charge in [-0.3, -0.25) is 9.78 Å². The fraction of sp³-hybridized carbons (Fsp3) is 0.478. The van der Waals surface area contributed by atoms with Crippen molar-refractivity contribution >= 4 is 15.9 Å². The summed E-state index contributed by atoms with van der Waals surface area (Å²) in [5, 5.41) is 0. The number of hydrogen-bond acceptors (Lipinski definition) is 6. The van der Waals surface area contributed by atoms with Gasteiger partial charge >= 0.3 is 0 Å².